The first kappa shape index (κ1) is 16.7. The molecule has 128 valence electrons. The van der Waals surface area contributed by atoms with Gasteiger partial charge in [-0.25, -0.2) is 9.78 Å². The second-order valence-corrected chi connectivity index (χ2v) is 5.61. The summed E-state index contributed by atoms with van der Waals surface area (Å²) in [5, 5.41) is 15.1. The smallest absolute Gasteiger partial charge is 0.315 e. The molecule has 0 aliphatic carbocycles. The maximum Gasteiger partial charge on any atom is 0.315 e. The summed E-state index contributed by atoms with van der Waals surface area (Å²) < 4.78 is 1.91. The lowest BCUT2D eigenvalue weighted by molar-refractivity contribution is 0.216. The quantitative estimate of drug-likeness (QED) is 0.647. The number of urea groups is 1. The van der Waals surface area contributed by atoms with Crippen LogP contribution in [0.2, 0.25) is 0 Å². The van der Waals surface area contributed by atoms with Crippen LogP contribution < -0.4 is 10.6 Å². The van der Waals surface area contributed by atoms with Crippen LogP contribution in [0.15, 0.2) is 73.3 Å². The molecule has 1 atom stereocenters. The SMILES string of the molecule is O=C(NCc1ccc(-n2ccnc2)cc1)NC(CO)c1ccccc1. The van der Waals surface area contributed by atoms with Gasteiger partial charge in [-0.3, -0.25) is 0 Å². The normalized spacial score (nSPS) is 11.7. The van der Waals surface area contributed by atoms with Crippen LogP contribution >= 0.6 is 0 Å². The van der Waals surface area contributed by atoms with Gasteiger partial charge in [-0.2, -0.15) is 0 Å². The van der Waals surface area contributed by atoms with Gasteiger partial charge < -0.3 is 20.3 Å². The van der Waals surface area contributed by atoms with Crippen molar-refractivity contribution in [3.05, 3.63) is 84.4 Å². The minimum atomic E-state index is -0.426. The van der Waals surface area contributed by atoms with E-state index in [1.54, 1.807) is 12.5 Å². The Morgan fingerprint density at radius 1 is 1.12 bits per heavy atom. The van der Waals surface area contributed by atoms with Crippen molar-refractivity contribution < 1.29 is 9.90 Å². The van der Waals surface area contributed by atoms with Crippen molar-refractivity contribution in [1.29, 1.82) is 0 Å². The molecule has 1 unspecified atom stereocenters. The third-order valence-corrected chi connectivity index (χ3v) is 3.88. The van der Waals surface area contributed by atoms with E-state index in [0.29, 0.717) is 6.54 Å². The number of carbonyl (C=O) groups is 1. The molecule has 2 aromatic carbocycles. The largest absolute Gasteiger partial charge is 0.394 e. The fourth-order valence-electron chi connectivity index (χ4n) is 2.51. The van der Waals surface area contributed by atoms with Crippen molar-refractivity contribution in [3.63, 3.8) is 0 Å². The summed E-state index contributed by atoms with van der Waals surface area (Å²) in [4.78, 5) is 16.1. The molecule has 6 heteroatoms. The van der Waals surface area contributed by atoms with Crippen molar-refractivity contribution in [2.75, 3.05) is 6.61 Å². The molecular weight excluding hydrogens is 316 g/mol. The Morgan fingerprint density at radius 2 is 1.88 bits per heavy atom. The first-order valence-electron chi connectivity index (χ1n) is 8.03. The number of carbonyl (C=O) groups excluding carboxylic acids is 1. The van der Waals surface area contributed by atoms with Gasteiger partial charge in [0.1, 0.15) is 0 Å². The summed E-state index contributed by atoms with van der Waals surface area (Å²) in [7, 11) is 0. The van der Waals surface area contributed by atoms with E-state index in [0.717, 1.165) is 16.8 Å². The molecule has 0 saturated carbocycles. The first-order valence-corrected chi connectivity index (χ1v) is 8.03. The molecule has 2 amide bonds. The Bertz CT molecular complexity index is 786. The summed E-state index contributed by atoms with van der Waals surface area (Å²) in [5.74, 6) is 0. The van der Waals surface area contributed by atoms with E-state index in [9.17, 15) is 9.90 Å². The van der Waals surface area contributed by atoms with Crippen LogP contribution in [0.5, 0.6) is 0 Å². The number of nitrogens with zero attached hydrogens (tertiary/aromatic N) is 2. The van der Waals surface area contributed by atoms with Crippen LogP contribution in [-0.4, -0.2) is 27.3 Å². The number of benzene rings is 2. The van der Waals surface area contributed by atoms with Crippen LogP contribution in [0.4, 0.5) is 4.79 Å². The molecule has 0 spiro atoms. The van der Waals surface area contributed by atoms with E-state index >= 15 is 0 Å². The summed E-state index contributed by atoms with van der Waals surface area (Å²) in [6.45, 7) is 0.250. The van der Waals surface area contributed by atoms with Gasteiger partial charge >= 0.3 is 6.03 Å². The number of imidazole rings is 1. The number of aliphatic hydroxyl groups is 1. The maximum atomic E-state index is 12.1. The van der Waals surface area contributed by atoms with Crippen molar-refractivity contribution in [3.8, 4) is 5.69 Å². The van der Waals surface area contributed by atoms with Crippen LogP contribution in [-0.2, 0) is 6.54 Å². The predicted octanol–water partition coefficient (Wildman–Crippen LogP) is 2.41. The highest BCUT2D eigenvalue weighted by molar-refractivity contribution is 5.74. The number of hydrogen-bond acceptors (Lipinski definition) is 3. The molecule has 0 saturated heterocycles. The summed E-state index contributed by atoms with van der Waals surface area (Å²) >= 11 is 0. The van der Waals surface area contributed by atoms with E-state index in [1.165, 1.54) is 0 Å². The maximum absolute atomic E-state index is 12.1. The molecule has 3 N–H and O–H groups in total. The van der Waals surface area contributed by atoms with Gasteiger partial charge in [0.2, 0.25) is 0 Å². The Labute approximate surface area is 146 Å². The molecule has 1 heterocycles. The third kappa shape index (κ3) is 4.45. The van der Waals surface area contributed by atoms with Crippen LogP contribution in [0.25, 0.3) is 5.69 Å². The molecular formula is C19H20N4O2. The van der Waals surface area contributed by atoms with Gasteiger partial charge in [-0.1, -0.05) is 42.5 Å². The van der Waals surface area contributed by atoms with Crippen LogP contribution in [0.1, 0.15) is 17.2 Å². The molecule has 0 aliphatic rings. The highest BCUT2D eigenvalue weighted by atomic mass is 16.3. The molecule has 0 aliphatic heterocycles. The lowest BCUT2D eigenvalue weighted by atomic mass is 10.1. The van der Waals surface area contributed by atoms with Crippen molar-refractivity contribution >= 4 is 6.03 Å². The fourth-order valence-corrected chi connectivity index (χ4v) is 2.51. The van der Waals surface area contributed by atoms with E-state index in [1.807, 2.05) is 65.4 Å². The Kier molecular flexibility index (Phi) is 5.43. The Balaban J connectivity index is 1.53. The highest BCUT2D eigenvalue weighted by Crippen LogP contribution is 2.12. The van der Waals surface area contributed by atoms with Crippen molar-refractivity contribution in [2.45, 2.75) is 12.6 Å². The molecule has 0 bridgehead atoms. The average molecular weight is 336 g/mol. The summed E-state index contributed by atoms with van der Waals surface area (Å²) in [6.07, 6.45) is 5.34. The molecule has 3 rings (SSSR count). The summed E-state index contributed by atoms with van der Waals surface area (Å²) in [6, 6.07) is 16.5. The highest BCUT2D eigenvalue weighted by Gasteiger charge is 2.12. The van der Waals surface area contributed by atoms with E-state index < -0.39 is 6.04 Å². The number of rotatable bonds is 6. The molecule has 3 aromatic rings. The number of aliphatic hydroxyl groups excluding tert-OH is 1. The van der Waals surface area contributed by atoms with E-state index in [2.05, 4.69) is 15.6 Å². The number of nitrogens with one attached hydrogen (secondary N) is 2. The fraction of sp³-hybridized carbons (Fsp3) is 0.158. The molecule has 6 nitrogen and oxygen atoms in total. The topological polar surface area (TPSA) is 79.2 Å². The number of aromatic nitrogens is 2. The van der Waals surface area contributed by atoms with Crippen molar-refractivity contribution in [2.24, 2.45) is 0 Å². The van der Waals surface area contributed by atoms with Gasteiger partial charge in [0.25, 0.3) is 0 Å². The second-order valence-electron chi connectivity index (χ2n) is 5.61. The Hall–Kier alpha value is -3.12. The van der Waals surface area contributed by atoms with Gasteiger partial charge in [-0.05, 0) is 23.3 Å². The summed E-state index contributed by atoms with van der Waals surface area (Å²) in [5.41, 5.74) is 2.86. The minimum Gasteiger partial charge on any atom is -0.394 e. The van der Waals surface area contributed by atoms with Crippen molar-refractivity contribution in [1.82, 2.24) is 20.2 Å². The minimum absolute atomic E-state index is 0.156. The monoisotopic (exact) mass is 336 g/mol. The third-order valence-electron chi connectivity index (χ3n) is 3.88. The van der Waals surface area contributed by atoms with Gasteiger partial charge in [-0.15, -0.1) is 0 Å². The van der Waals surface area contributed by atoms with E-state index in [4.69, 9.17) is 0 Å². The number of amides is 2. The zero-order valence-electron chi connectivity index (χ0n) is 13.7. The standard InChI is InChI=1S/C19H20N4O2/c24-13-18(16-4-2-1-3-5-16)22-19(25)21-12-15-6-8-17(9-7-15)23-11-10-20-14-23/h1-11,14,18,24H,12-13H2,(H2,21,22,25). The van der Waals surface area contributed by atoms with E-state index in [-0.39, 0.29) is 12.6 Å². The molecule has 1 aromatic heterocycles. The number of hydrogen-bond donors (Lipinski definition) is 3. The first-order chi connectivity index (χ1) is 12.3. The molecule has 25 heavy (non-hydrogen) atoms. The zero-order valence-corrected chi connectivity index (χ0v) is 13.7. The average Bonchev–Trinajstić information content (AvgIpc) is 3.20. The van der Waals surface area contributed by atoms with Gasteiger partial charge in [0.05, 0.1) is 19.0 Å². The van der Waals surface area contributed by atoms with Gasteiger partial charge in [0.15, 0.2) is 0 Å². The lowest BCUT2D eigenvalue weighted by Crippen LogP contribution is -2.38. The predicted molar refractivity (Wildman–Crippen MR) is 95.2 cm³/mol. The zero-order chi connectivity index (χ0) is 17.5. The molecule has 0 fully saturated rings. The van der Waals surface area contributed by atoms with Gasteiger partial charge in [0, 0.05) is 24.6 Å². The van der Waals surface area contributed by atoms with Crippen LogP contribution in [0, 0.1) is 0 Å². The lowest BCUT2D eigenvalue weighted by Gasteiger charge is -2.17. The van der Waals surface area contributed by atoms with Crippen LogP contribution in [0.3, 0.4) is 0 Å². The second kappa shape index (κ2) is 8.12. The molecule has 0 radical (unpaired) electrons. The Morgan fingerprint density at radius 3 is 2.52 bits per heavy atom.